The normalized spacial score (nSPS) is 19.9. The van der Waals surface area contributed by atoms with Crippen LogP contribution >= 0.6 is 11.6 Å². The summed E-state index contributed by atoms with van der Waals surface area (Å²) in [6.07, 6.45) is 0.609. The minimum Gasteiger partial charge on any atom is -0.356 e. The van der Waals surface area contributed by atoms with Crippen LogP contribution in [-0.4, -0.2) is 18.4 Å². The molecule has 2 rings (SSSR count). The van der Waals surface area contributed by atoms with E-state index in [1.54, 1.807) is 0 Å². The number of hydrogen-bond donors (Lipinski definition) is 2. The van der Waals surface area contributed by atoms with Crippen LogP contribution in [0.25, 0.3) is 0 Å². The highest BCUT2D eigenvalue weighted by Crippen LogP contribution is 2.40. The Bertz CT molecular complexity index is 575. The van der Waals surface area contributed by atoms with Crippen LogP contribution in [0.1, 0.15) is 31.4 Å². The lowest BCUT2D eigenvalue weighted by atomic mass is 10.1. The van der Waals surface area contributed by atoms with E-state index in [0.717, 1.165) is 11.1 Å². The van der Waals surface area contributed by atoms with Gasteiger partial charge < -0.3 is 10.6 Å². The van der Waals surface area contributed by atoms with Crippen LogP contribution in [0.4, 0.5) is 5.69 Å². The van der Waals surface area contributed by atoms with Crippen LogP contribution in [0.3, 0.4) is 0 Å². The molecule has 22 heavy (non-hydrogen) atoms. The molecule has 0 spiro atoms. The Labute approximate surface area is 136 Å². The molecule has 2 atom stereocenters. The molecule has 2 unspecified atom stereocenters. The Morgan fingerprint density at radius 3 is 2.45 bits per heavy atom. The van der Waals surface area contributed by atoms with Gasteiger partial charge in [-0.2, -0.15) is 0 Å². The highest BCUT2D eigenvalue weighted by molar-refractivity contribution is 6.34. The van der Waals surface area contributed by atoms with Crippen molar-refractivity contribution < 1.29 is 9.59 Å². The molecular weight excluding hydrogens is 300 g/mol. The minimum atomic E-state index is -0.246. The average molecular weight is 323 g/mol. The van der Waals surface area contributed by atoms with E-state index in [0.29, 0.717) is 29.6 Å². The topological polar surface area (TPSA) is 58.2 Å². The van der Waals surface area contributed by atoms with E-state index in [4.69, 9.17) is 11.6 Å². The van der Waals surface area contributed by atoms with Crippen LogP contribution in [0.2, 0.25) is 5.02 Å². The van der Waals surface area contributed by atoms with Gasteiger partial charge in [0.15, 0.2) is 0 Å². The summed E-state index contributed by atoms with van der Waals surface area (Å²) in [5.41, 5.74) is 2.63. The van der Waals surface area contributed by atoms with Gasteiger partial charge in [-0.15, -0.1) is 0 Å². The van der Waals surface area contributed by atoms with Gasteiger partial charge in [-0.25, -0.2) is 0 Å². The van der Waals surface area contributed by atoms with Crippen molar-refractivity contribution in [2.75, 3.05) is 11.9 Å². The summed E-state index contributed by atoms with van der Waals surface area (Å²) in [6, 6.07) is 3.80. The van der Waals surface area contributed by atoms with Crippen molar-refractivity contribution in [2.45, 2.75) is 34.1 Å². The van der Waals surface area contributed by atoms with E-state index in [1.165, 1.54) is 0 Å². The zero-order valence-electron chi connectivity index (χ0n) is 13.5. The minimum absolute atomic E-state index is 0.0272. The molecule has 0 bridgehead atoms. The molecule has 1 aromatic carbocycles. The lowest BCUT2D eigenvalue weighted by molar-refractivity contribution is -0.125. The molecule has 5 heteroatoms. The number of carbonyl (C=O) groups is 2. The monoisotopic (exact) mass is 322 g/mol. The number of amides is 2. The van der Waals surface area contributed by atoms with Gasteiger partial charge in [0, 0.05) is 6.54 Å². The molecule has 1 aliphatic rings. The summed E-state index contributed by atoms with van der Waals surface area (Å²) in [6.45, 7) is 8.60. The Morgan fingerprint density at radius 2 is 1.86 bits per heavy atom. The Hall–Kier alpha value is -1.55. The number of anilines is 1. The van der Waals surface area contributed by atoms with Crippen molar-refractivity contribution in [1.29, 1.82) is 0 Å². The van der Waals surface area contributed by atoms with Crippen molar-refractivity contribution in [2.24, 2.45) is 17.8 Å². The van der Waals surface area contributed by atoms with Crippen molar-refractivity contribution in [3.8, 4) is 0 Å². The van der Waals surface area contributed by atoms with E-state index in [2.05, 4.69) is 10.6 Å². The number of hydrogen-bond acceptors (Lipinski definition) is 2. The molecular formula is C17H23ClN2O2. The third-order valence-corrected chi connectivity index (χ3v) is 4.13. The van der Waals surface area contributed by atoms with E-state index >= 15 is 0 Å². The fraction of sp³-hybridized carbons (Fsp3) is 0.529. The zero-order valence-corrected chi connectivity index (χ0v) is 14.3. The van der Waals surface area contributed by atoms with Gasteiger partial charge in [0.2, 0.25) is 11.8 Å². The van der Waals surface area contributed by atoms with E-state index < -0.39 is 0 Å². The van der Waals surface area contributed by atoms with Gasteiger partial charge in [-0.3, -0.25) is 9.59 Å². The quantitative estimate of drug-likeness (QED) is 0.873. The first kappa shape index (κ1) is 16.8. The number of rotatable bonds is 5. The molecule has 1 fully saturated rings. The molecule has 2 amide bonds. The number of aryl methyl sites for hydroxylation is 2. The second-order valence-corrected chi connectivity index (χ2v) is 6.92. The fourth-order valence-corrected chi connectivity index (χ4v) is 2.87. The maximum atomic E-state index is 12.3. The first-order valence-electron chi connectivity index (χ1n) is 7.65. The molecule has 4 nitrogen and oxygen atoms in total. The smallest absolute Gasteiger partial charge is 0.228 e. The maximum Gasteiger partial charge on any atom is 0.228 e. The van der Waals surface area contributed by atoms with E-state index in [1.807, 2.05) is 39.8 Å². The number of nitrogens with one attached hydrogen (secondary N) is 2. The Balaban J connectivity index is 1.94. The first-order chi connectivity index (χ1) is 10.3. The van der Waals surface area contributed by atoms with Gasteiger partial charge in [0.1, 0.15) is 0 Å². The molecule has 0 heterocycles. The summed E-state index contributed by atoms with van der Waals surface area (Å²) in [5.74, 6) is -0.199. The number of halogens is 1. The lowest BCUT2D eigenvalue weighted by Crippen LogP contribution is -2.30. The molecule has 0 radical (unpaired) electrons. The third-order valence-electron chi connectivity index (χ3n) is 3.83. The standard InChI is InChI=1S/C17H23ClN2O2/c1-9(2)8-19-16(21)12-7-13(12)17(22)20-15-11(4)5-10(3)6-14(15)18/h5-6,9,12-13H,7-8H2,1-4H3,(H,19,21)(H,20,22). The third kappa shape index (κ3) is 4.01. The largest absolute Gasteiger partial charge is 0.356 e. The summed E-state index contributed by atoms with van der Waals surface area (Å²) >= 11 is 6.19. The van der Waals surface area contributed by atoms with Gasteiger partial charge in [-0.1, -0.05) is 31.5 Å². The van der Waals surface area contributed by atoms with Gasteiger partial charge >= 0.3 is 0 Å². The van der Waals surface area contributed by atoms with Crippen molar-refractivity contribution >= 4 is 29.1 Å². The summed E-state index contributed by atoms with van der Waals surface area (Å²) in [7, 11) is 0. The highest BCUT2D eigenvalue weighted by atomic mass is 35.5. The number of carbonyl (C=O) groups excluding carboxylic acids is 2. The fourth-order valence-electron chi connectivity index (χ4n) is 2.50. The average Bonchev–Trinajstić information content (AvgIpc) is 3.20. The van der Waals surface area contributed by atoms with Crippen molar-refractivity contribution in [1.82, 2.24) is 5.32 Å². The zero-order chi connectivity index (χ0) is 16.4. The van der Waals surface area contributed by atoms with E-state index in [-0.39, 0.29) is 23.7 Å². The molecule has 0 aromatic heterocycles. The SMILES string of the molecule is Cc1cc(C)c(NC(=O)C2CC2C(=O)NCC(C)C)c(Cl)c1. The van der Waals surface area contributed by atoms with Crippen molar-refractivity contribution in [3.63, 3.8) is 0 Å². The molecule has 1 saturated carbocycles. The van der Waals surface area contributed by atoms with E-state index in [9.17, 15) is 9.59 Å². The first-order valence-corrected chi connectivity index (χ1v) is 8.02. The van der Waals surface area contributed by atoms with Crippen LogP contribution in [0, 0.1) is 31.6 Å². The Morgan fingerprint density at radius 1 is 1.23 bits per heavy atom. The molecule has 1 aliphatic carbocycles. The van der Waals surface area contributed by atoms with Crippen LogP contribution in [0.5, 0.6) is 0 Å². The number of benzene rings is 1. The highest BCUT2D eigenvalue weighted by Gasteiger charge is 2.48. The summed E-state index contributed by atoms with van der Waals surface area (Å²) in [5, 5.41) is 6.28. The predicted molar refractivity (Wildman–Crippen MR) is 89.0 cm³/mol. The maximum absolute atomic E-state index is 12.3. The molecule has 120 valence electrons. The van der Waals surface area contributed by atoms with Crippen LogP contribution in [0.15, 0.2) is 12.1 Å². The van der Waals surface area contributed by atoms with Crippen LogP contribution < -0.4 is 10.6 Å². The molecule has 0 aliphatic heterocycles. The van der Waals surface area contributed by atoms with Crippen LogP contribution in [-0.2, 0) is 9.59 Å². The summed E-state index contributed by atoms with van der Waals surface area (Å²) in [4.78, 5) is 24.2. The van der Waals surface area contributed by atoms with Gasteiger partial charge in [0.25, 0.3) is 0 Å². The predicted octanol–water partition coefficient (Wildman–Crippen LogP) is 3.30. The molecule has 2 N–H and O–H groups in total. The second kappa shape index (κ2) is 6.69. The second-order valence-electron chi connectivity index (χ2n) is 6.52. The lowest BCUT2D eigenvalue weighted by Gasteiger charge is -2.12. The molecule has 1 aromatic rings. The summed E-state index contributed by atoms with van der Waals surface area (Å²) < 4.78 is 0. The Kier molecular flexibility index (Phi) is 5.12. The van der Waals surface area contributed by atoms with Gasteiger partial charge in [-0.05, 0) is 43.4 Å². The van der Waals surface area contributed by atoms with Crippen molar-refractivity contribution in [3.05, 3.63) is 28.3 Å². The van der Waals surface area contributed by atoms with Gasteiger partial charge in [0.05, 0.1) is 22.5 Å². The molecule has 0 saturated heterocycles.